The van der Waals surface area contributed by atoms with Crippen LogP contribution in [0, 0.1) is 0 Å². The van der Waals surface area contributed by atoms with E-state index in [0.717, 1.165) is 26.1 Å². The highest BCUT2D eigenvalue weighted by Gasteiger charge is 2.21. The first-order valence-corrected chi connectivity index (χ1v) is 7.06. The monoisotopic (exact) mass is 286 g/mol. The van der Waals surface area contributed by atoms with Gasteiger partial charge in [0.1, 0.15) is 6.26 Å². The molecule has 2 aromatic rings. The summed E-state index contributed by atoms with van der Waals surface area (Å²) in [5.74, 6) is 0.285. The maximum absolute atomic E-state index is 12.4. The quantitative estimate of drug-likeness (QED) is 0.814. The second-order valence-corrected chi connectivity index (χ2v) is 5.02. The van der Waals surface area contributed by atoms with Crippen molar-refractivity contribution >= 4 is 11.6 Å². The topological polar surface area (TPSA) is 84.4 Å². The first-order chi connectivity index (χ1) is 10.3. The molecule has 1 aromatic heterocycles. The second kappa shape index (κ2) is 5.97. The van der Waals surface area contributed by atoms with Gasteiger partial charge in [0.25, 0.3) is 5.91 Å². The predicted octanol–water partition coefficient (Wildman–Crippen LogP) is 1.36. The molecule has 1 amide bonds. The highest BCUT2D eigenvalue weighted by molar-refractivity contribution is 5.92. The van der Waals surface area contributed by atoms with Gasteiger partial charge in [-0.2, -0.15) is 0 Å². The normalized spacial score (nSPS) is 15.7. The van der Waals surface area contributed by atoms with Crippen LogP contribution in [-0.4, -0.2) is 42.0 Å². The lowest BCUT2D eigenvalue weighted by Gasteiger charge is -2.18. The van der Waals surface area contributed by atoms with Crippen LogP contribution in [0.5, 0.6) is 0 Å². The molecule has 1 fully saturated rings. The third kappa shape index (κ3) is 2.90. The van der Waals surface area contributed by atoms with E-state index < -0.39 is 0 Å². The Morgan fingerprint density at radius 2 is 2.14 bits per heavy atom. The van der Waals surface area contributed by atoms with Crippen molar-refractivity contribution in [3.8, 4) is 11.5 Å². The number of hydrogen-bond donors (Lipinski definition) is 2. The number of amides is 1. The summed E-state index contributed by atoms with van der Waals surface area (Å²) < 4.78 is 5.42. The molecule has 0 bridgehead atoms. The van der Waals surface area contributed by atoms with Crippen molar-refractivity contribution in [3.05, 3.63) is 36.2 Å². The summed E-state index contributed by atoms with van der Waals surface area (Å²) in [6, 6.07) is 7.31. The number of rotatable bonds is 2. The molecule has 1 aliphatic heterocycles. The Morgan fingerprint density at radius 3 is 3.00 bits per heavy atom. The summed E-state index contributed by atoms with van der Waals surface area (Å²) in [5.41, 5.74) is 7.51. The lowest BCUT2D eigenvalue weighted by atomic mass is 10.2. The molecule has 0 aliphatic carbocycles. The molecule has 3 rings (SSSR count). The van der Waals surface area contributed by atoms with Gasteiger partial charge in [-0.25, -0.2) is 4.98 Å². The molecule has 6 nitrogen and oxygen atoms in total. The Hall–Kier alpha value is -2.34. The Labute approximate surface area is 122 Å². The maximum atomic E-state index is 12.4. The van der Waals surface area contributed by atoms with Crippen molar-refractivity contribution in [2.24, 2.45) is 0 Å². The first kappa shape index (κ1) is 13.6. The fourth-order valence-electron chi connectivity index (χ4n) is 2.40. The molecular weight excluding hydrogens is 268 g/mol. The fourth-order valence-corrected chi connectivity index (χ4v) is 2.40. The van der Waals surface area contributed by atoms with Gasteiger partial charge >= 0.3 is 0 Å². The number of nitrogens with zero attached hydrogens (tertiary/aromatic N) is 2. The molecule has 1 aliphatic rings. The molecule has 1 saturated heterocycles. The predicted molar refractivity (Wildman–Crippen MR) is 79.7 cm³/mol. The van der Waals surface area contributed by atoms with Gasteiger partial charge in [-0.05, 0) is 25.1 Å². The molecule has 0 atom stereocenters. The average Bonchev–Trinajstić information content (AvgIpc) is 2.82. The van der Waals surface area contributed by atoms with Gasteiger partial charge in [-0.1, -0.05) is 12.1 Å². The van der Waals surface area contributed by atoms with E-state index >= 15 is 0 Å². The molecule has 2 heterocycles. The van der Waals surface area contributed by atoms with Crippen LogP contribution in [0.4, 0.5) is 5.69 Å². The largest absolute Gasteiger partial charge is 0.444 e. The van der Waals surface area contributed by atoms with Crippen LogP contribution < -0.4 is 11.1 Å². The summed E-state index contributed by atoms with van der Waals surface area (Å²) in [5, 5.41) is 3.27. The summed E-state index contributed by atoms with van der Waals surface area (Å²) in [6.45, 7) is 3.17. The van der Waals surface area contributed by atoms with Crippen molar-refractivity contribution in [2.45, 2.75) is 6.42 Å². The molecule has 0 spiro atoms. The van der Waals surface area contributed by atoms with Crippen LogP contribution in [0.1, 0.15) is 16.9 Å². The number of nitrogen functional groups attached to an aromatic ring is 1. The van der Waals surface area contributed by atoms with E-state index in [9.17, 15) is 4.79 Å². The van der Waals surface area contributed by atoms with Crippen LogP contribution >= 0.6 is 0 Å². The minimum absolute atomic E-state index is 0.0943. The lowest BCUT2D eigenvalue weighted by molar-refractivity contribution is 0.0760. The lowest BCUT2D eigenvalue weighted by Crippen LogP contribution is -2.34. The number of oxazole rings is 1. The van der Waals surface area contributed by atoms with Crippen molar-refractivity contribution in [1.29, 1.82) is 0 Å². The number of benzene rings is 1. The van der Waals surface area contributed by atoms with Gasteiger partial charge in [0.2, 0.25) is 5.89 Å². The van der Waals surface area contributed by atoms with Crippen molar-refractivity contribution in [1.82, 2.24) is 15.2 Å². The summed E-state index contributed by atoms with van der Waals surface area (Å²) in [7, 11) is 0. The number of anilines is 1. The molecule has 21 heavy (non-hydrogen) atoms. The van der Waals surface area contributed by atoms with Gasteiger partial charge in [-0.3, -0.25) is 4.79 Å². The molecular formula is C15H18N4O2. The second-order valence-electron chi connectivity index (χ2n) is 5.02. The van der Waals surface area contributed by atoms with E-state index in [2.05, 4.69) is 10.3 Å². The van der Waals surface area contributed by atoms with Gasteiger partial charge < -0.3 is 20.4 Å². The van der Waals surface area contributed by atoms with E-state index in [0.29, 0.717) is 29.4 Å². The average molecular weight is 286 g/mol. The zero-order valence-corrected chi connectivity index (χ0v) is 11.7. The number of nitrogens with two attached hydrogens (primary N) is 1. The molecule has 0 radical (unpaired) electrons. The summed E-state index contributed by atoms with van der Waals surface area (Å²) in [6.07, 6.45) is 2.35. The molecule has 0 unspecified atom stereocenters. The standard InChI is InChI=1S/C15H18N4O2/c16-12-5-2-1-4-11(12)14-18-13(10-21-14)15(20)19-8-3-6-17-7-9-19/h1-2,4-5,10,17H,3,6-9,16H2. The number of carbonyl (C=O) groups is 1. The van der Waals surface area contributed by atoms with Crippen LogP contribution in [0.15, 0.2) is 34.9 Å². The number of para-hydroxylation sites is 1. The molecule has 1 aromatic carbocycles. The van der Waals surface area contributed by atoms with Gasteiger partial charge in [0, 0.05) is 25.3 Å². The van der Waals surface area contributed by atoms with E-state index in [4.69, 9.17) is 10.2 Å². The smallest absolute Gasteiger partial charge is 0.275 e. The van der Waals surface area contributed by atoms with Crippen LogP contribution in [0.2, 0.25) is 0 Å². The zero-order valence-electron chi connectivity index (χ0n) is 11.7. The number of hydrogen-bond acceptors (Lipinski definition) is 5. The SMILES string of the molecule is Nc1ccccc1-c1nc(C(=O)N2CCCNCC2)co1. The molecule has 3 N–H and O–H groups in total. The molecule has 6 heteroatoms. The maximum Gasteiger partial charge on any atom is 0.275 e. The van der Waals surface area contributed by atoms with Crippen molar-refractivity contribution in [2.75, 3.05) is 31.9 Å². The van der Waals surface area contributed by atoms with Crippen LogP contribution in [0.3, 0.4) is 0 Å². The zero-order chi connectivity index (χ0) is 14.7. The Kier molecular flexibility index (Phi) is 3.87. The van der Waals surface area contributed by atoms with Gasteiger partial charge in [0.15, 0.2) is 5.69 Å². The van der Waals surface area contributed by atoms with E-state index in [-0.39, 0.29) is 5.91 Å². The summed E-state index contributed by atoms with van der Waals surface area (Å²) >= 11 is 0. The van der Waals surface area contributed by atoms with E-state index in [1.165, 1.54) is 6.26 Å². The van der Waals surface area contributed by atoms with Crippen molar-refractivity contribution in [3.63, 3.8) is 0 Å². The highest BCUT2D eigenvalue weighted by Crippen LogP contribution is 2.24. The highest BCUT2D eigenvalue weighted by atomic mass is 16.3. The minimum Gasteiger partial charge on any atom is -0.444 e. The van der Waals surface area contributed by atoms with Crippen molar-refractivity contribution < 1.29 is 9.21 Å². The minimum atomic E-state index is -0.0943. The third-order valence-electron chi connectivity index (χ3n) is 3.54. The Morgan fingerprint density at radius 1 is 1.29 bits per heavy atom. The fraction of sp³-hybridized carbons (Fsp3) is 0.333. The summed E-state index contributed by atoms with van der Waals surface area (Å²) in [4.78, 5) is 18.5. The van der Waals surface area contributed by atoms with Crippen LogP contribution in [0.25, 0.3) is 11.5 Å². The van der Waals surface area contributed by atoms with E-state index in [1.807, 2.05) is 18.2 Å². The number of carbonyl (C=O) groups excluding carboxylic acids is 1. The molecule has 0 saturated carbocycles. The number of nitrogens with one attached hydrogen (secondary N) is 1. The number of aromatic nitrogens is 1. The first-order valence-electron chi connectivity index (χ1n) is 7.06. The van der Waals surface area contributed by atoms with E-state index in [1.54, 1.807) is 11.0 Å². The third-order valence-corrected chi connectivity index (χ3v) is 3.54. The van der Waals surface area contributed by atoms with Gasteiger partial charge in [-0.15, -0.1) is 0 Å². The van der Waals surface area contributed by atoms with Crippen LogP contribution in [-0.2, 0) is 0 Å². The molecule has 110 valence electrons. The Bertz CT molecular complexity index is 630. The van der Waals surface area contributed by atoms with Gasteiger partial charge in [0.05, 0.1) is 5.56 Å². The Balaban J connectivity index is 1.81.